The number of benzene rings is 7. The summed E-state index contributed by atoms with van der Waals surface area (Å²) in [6.07, 6.45) is 0. The van der Waals surface area contributed by atoms with E-state index < -0.39 is 0 Å². The summed E-state index contributed by atoms with van der Waals surface area (Å²) in [6, 6.07) is 55.0. The summed E-state index contributed by atoms with van der Waals surface area (Å²) in [5, 5.41) is 0. The van der Waals surface area contributed by atoms with Crippen LogP contribution in [0, 0.1) is 6.92 Å². The fraction of sp³-hybridized carbons (Fsp3) is 0.192. The van der Waals surface area contributed by atoms with Gasteiger partial charge in [-0.3, -0.25) is 0 Å². The normalized spacial score (nSPS) is 15.9. The van der Waals surface area contributed by atoms with Crippen LogP contribution in [0.4, 0.5) is 17.1 Å². The van der Waals surface area contributed by atoms with Crippen LogP contribution in [0.1, 0.15) is 80.5 Å². The average Bonchev–Trinajstić information content (AvgIpc) is 3.66. The predicted molar refractivity (Wildman–Crippen MR) is 224 cm³/mol. The molecule has 0 fully saturated rings. The lowest BCUT2D eigenvalue weighted by atomic mass is 9.79. The van der Waals surface area contributed by atoms with E-state index in [1.54, 1.807) is 0 Å². The number of hydrogen-bond acceptors (Lipinski definition) is 1. The number of anilines is 3. The van der Waals surface area contributed by atoms with Crippen molar-refractivity contribution in [2.75, 3.05) is 4.90 Å². The number of rotatable bonds is 4. The second kappa shape index (κ2) is 10.9. The van der Waals surface area contributed by atoms with E-state index in [1.807, 2.05) is 0 Å². The van der Waals surface area contributed by atoms with Crippen molar-refractivity contribution in [3.05, 3.63) is 185 Å². The fourth-order valence-corrected chi connectivity index (χ4v) is 10.4. The Morgan fingerprint density at radius 3 is 1.60 bits per heavy atom. The lowest BCUT2D eigenvalue weighted by molar-refractivity contribution is 0.656. The zero-order chi connectivity index (χ0) is 36.4. The van der Waals surface area contributed by atoms with E-state index in [1.165, 1.54) is 101 Å². The van der Waals surface area contributed by atoms with Crippen molar-refractivity contribution in [3.63, 3.8) is 0 Å². The first-order chi connectivity index (χ1) is 25.5. The van der Waals surface area contributed by atoms with Crippen molar-refractivity contribution in [3.8, 4) is 44.5 Å². The first-order valence-electron chi connectivity index (χ1n) is 19.1. The average molecular weight is 684 g/mol. The van der Waals surface area contributed by atoms with Gasteiger partial charge in [0.2, 0.25) is 0 Å². The fourth-order valence-electron chi connectivity index (χ4n) is 10.4. The number of hydrogen-bond donors (Lipinski definition) is 0. The van der Waals surface area contributed by atoms with Gasteiger partial charge in [-0.2, -0.15) is 0 Å². The van der Waals surface area contributed by atoms with Gasteiger partial charge in [0.15, 0.2) is 0 Å². The zero-order valence-corrected chi connectivity index (χ0v) is 31.8. The van der Waals surface area contributed by atoms with Gasteiger partial charge in [-0.1, -0.05) is 157 Å². The van der Waals surface area contributed by atoms with Crippen LogP contribution in [0.15, 0.2) is 146 Å². The Balaban J connectivity index is 1.23. The molecule has 0 unspecified atom stereocenters. The van der Waals surface area contributed by atoms with Gasteiger partial charge in [-0.15, -0.1) is 0 Å². The topological polar surface area (TPSA) is 3.24 Å². The molecule has 0 heterocycles. The highest BCUT2D eigenvalue weighted by atomic mass is 15.1. The van der Waals surface area contributed by atoms with Crippen molar-refractivity contribution in [2.45, 2.75) is 64.7 Å². The molecule has 3 aliphatic rings. The van der Waals surface area contributed by atoms with Gasteiger partial charge in [0.05, 0.1) is 5.69 Å². The molecule has 0 spiro atoms. The van der Waals surface area contributed by atoms with E-state index >= 15 is 0 Å². The molecule has 3 aliphatic carbocycles. The van der Waals surface area contributed by atoms with E-state index in [0.717, 1.165) is 0 Å². The van der Waals surface area contributed by atoms with Gasteiger partial charge < -0.3 is 4.90 Å². The molecule has 0 bridgehead atoms. The molecule has 0 atom stereocenters. The summed E-state index contributed by atoms with van der Waals surface area (Å²) in [4.78, 5) is 2.56. The minimum absolute atomic E-state index is 0.0951. The molecule has 0 saturated heterocycles. The summed E-state index contributed by atoms with van der Waals surface area (Å²) in [6.45, 7) is 16.6. The van der Waals surface area contributed by atoms with Crippen molar-refractivity contribution >= 4 is 17.1 Å². The molecule has 258 valence electrons. The molecule has 7 aromatic rings. The number of nitrogens with zero attached hydrogens (tertiary/aromatic N) is 1. The lowest BCUT2D eigenvalue weighted by Gasteiger charge is -2.31. The monoisotopic (exact) mass is 683 g/mol. The molecule has 53 heavy (non-hydrogen) atoms. The second-order valence-corrected chi connectivity index (χ2v) is 17.0. The van der Waals surface area contributed by atoms with Crippen molar-refractivity contribution < 1.29 is 0 Å². The molecular formula is C52H45N. The van der Waals surface area contributed by atoms with Crippen LogP contribution < -0.4 is 4.90 Å². The largest absolute Gasteiger partial charge is 0.310 e. The Morgan fingerprint density at radius 1 is 0.377 bits per heavy atom. The zero-order valence-electron chi connectivity index (χ0n) is 31.8. The van der Waals surface area contributed by atoms with Crippen LogP contribution in [0.2, 0.25) is 0 Å². The Hall–Kier alpha value is -5.66. The van der Waals surface area contributed by atoms with Gasteiger partial charge >= 0.3 is 0 Å². The first-order valence-corrected chi connectivity index (χ1v) is 19.1. The van der Waals surface area contributed by atoms with Gasteiger partial charge in [-0.25, -0.2) is 0 Å². The molecule has 1 heteroatoms. The van der Waals surface area contributed by atoms with Crippen LogP contribution in [0.3, 0.4) is 0 Å². The van der Waals surface area contributed by atoms with Crippen molar-refractivity contribution in [1.82, 2.24) is 0 Å². The molecular weight excluding hydrogens is 639 g/mol. The molecule has 0 aromatic heterocycles. The standard InChI is InChI=1S/C52H45N/c1-32-24-27-36(33-16-9-8-10-17-33)47-40-29-26-35(31-45(40)52(6,7)49(32)47)53(34-25-28-38-37-18-11-13-20-41(37)51(4,5)44(38)30-34)46-23-15-22-43-48(46)39-19-12-14-21-42(39)50(43,2)3/h8-31H,1-7H3. The highest BCUT2D eigenvalue weighted by Gasteiger charge is 2.41. The number of aryl methyl sites for hydroxylation is 1. The maximum atomic E-state index is 2.56. The Kier molecular flexibility index (Phi) is 6.61. The summed E-state index contributed by atoms with van der Waals surface area (Å²) in [7, 11) is 0. The maximum Gasteiger partial charge on any atom is 0.0543 e. The van der Waals surface area contributed by atoms with Gasteiger partial charge in [-0.05, 0) is 115 Å². The minimum Gasteiger partial charge on any atom is -0.310 e. The molecule has 10 rings (SSSR count). The minimum atomic E-state index is -0.171. The van der Waals surface area contributed by atoms with E-state index in [2.05, 4.69) is 199 Å². The molecule has 0 saturated carbocycles. The molecule has 0 aliphatic heterocycles. The van der Waals surface area contributed by atoms with Crippen LogP contribution in [-0.2, 0) is 16.2 Å². The van der Waals surface area contributed by atoms with Gasteiger partial charge in [0.25, 0.3) is 0 Å². The third kappa shape index (κ3) is 4.31. The third-order valence-corrected chi connectivity index (χ3v) is 13.0. The van der Waals surface area contributed by atoms with Crippen LogP contribution >= 0.6 is 0 Å². The van der Waals surface area contributed by atoms with E-state index in [4.69, 9.17) is 0 Å². The summed E-state index contributed by atoms with van der Waals surface area (Å²) < 4.78 is 0. The second-order valence-electron chi connectivity index (χ2n) is 17.0. The molecule has 1 nitrogen and oxygen atoms in total. The third-order valence-electron chi connectivity index (χ3n) is 13.0. The van der Waals surface area contributed by atoms with Crippen LogP contribution in [0.25, 0.3) is 44.5 Å². The highest BCUT2D eigenvalue weighted by Crippen LogP contribution is 2.58. The molecule has 0 N–H and O–H groups in total. The molecule has 0 radical (unpaired) electrons. The molecule has 0 amide bonds. The number of fused-ring (bicyclic) bond motifs is 9. The Bertz CT molecular complexity index is 2650. The quantitative estimate of drug-likeness (QED) is 0.178. The van der Waals surface area contributed by atoms with Crippen molar-refractivity contribution in [1.29, 1.82) is 0 Å². The van der Waals surface area contributed by atoms with Crippen LogP contribution in [-0.4, -0.2) is 0 Å². The van der Waals surface area contributed by atoms with E-state index in [0.29, 0.717) is 0 Å². The van der Waals surface area contributed by atoms with E-state index in [9.17, 15) is 0 Å². The maximum absolute atomic E-state index is 2.56. The summed E-state index contributed by atoms with van der Waals surface area (Å²) >= 11 is 0. The van der Waals surface area contributed by atoms with Gasteiger partial charge in [0.1, 0.15) is 0 Å². The van der Waals surface area contributed by atoms with E-state index in [-0.39, 0.29) is 16.2 Å². The Labute approximate surface area is 314 Å². The lowest BCUT2D eigenvalue weighted by Crippen LogP contribution is -2.19. The highest BCUT2D eigenvalue weighted by molar-refractivity contribution is 5.98. The van der Waals surface area contributed by atoms with Crippen molar-refractivity contribution in [2.24, 2.45) is 0 Å². The summed E-state index contributed by atoms with van der Waals surface area (Å²) in [5.41, 5.74) is 23.6. The SMILES string of the molecule is Cc1ccc(-c2ccccc2)c2c1C(C)(C)c1cc(N(c3ccc4c(c3)C(C)(C)c3ccccc3-4)c3cccc4c3-c3ccccc3C4(C)C)ccc1-2. The Morgan fingerprint density at radius 2 is 0.887 bits per heavy atom. The first kappa shape index (κ1) is 32.0. The summed E-state index contributed by atoms with van der Waals surface area (Å²) in [5.74, 6) is 0. The molecule has 7 aromatic carbocycles. The van der Waals surface area contributed by atoms with Crippen LogP contribution in [0.5, 0.6) is 0 Å². The predicted octanol–water partition coefficient (Wildman–Crippen LogP) is 14.1. The smallest absolute Gasteiger partial charge is 0.0543 e. The van der Waals surface area contributed by atoms with Gasteiger partial charge in [0, 0.05) is 33.2 Å².